The predicted octanol–water partition coefficient (Wildman–Crippen LogP) is 3.87. The Morgan fingerprint density at radius 2 is 1.83 bits per heavy atom. The second-order valence-electron chi connectivity index (χ2n) is 7.06. The molecule has 1 unspecified atom stereocenters. The number of hydrogen-bond donors (Lipinski definition) is 1. The Labute approximate surface area is 181 Å². The van der Waals surface area contributed by atoms with Crippen LogP contribution in [0.25, 0.3) is 6.08 Å². The lowest BCUT2D eigenvalue weighted by Gasteiger charge is -2.22. The molecule has 30 heavy (non-hydrogen) atoms. The fraction of sp³-hybridized carbons (Fsp3) is 0.304. The summed E-state index contributed by atoms with van der Waals surface area (Å²) in [6.45, 7) is 4.03. The standard InChI is InChI=1S/C23H26N2O4S/c1-15-5-8-18(11-16(15)2)24-23(27)19-13-30-14-25(19)22(26)10-7-17-6-9-20(28-3)21(12-17)29-4/h5-12,19H,13-14H2,1-4H3,(H,24,27)/b10-7+. The smallest absolute Gasteiger partial charge is 0.248 e. The van der Waals surface area contributed by atoms with Crippen molar-refractivity contribution in [1.29, 1.82) is 0 Å². The highest BCUT2D eigenvalue weighted by Gasteiger charge is 2.33. The van der Waals surface area contributed by atoms with E-state index < -0.39 is 6.04 Å². The van der Waals surface area contributed by atoms with Crippen molar-refractivity contribution in [2.45, 2.75) is 19.9 Å². The zero-order chi connectivity index (χ0) is 21.7. The maximum Gasteiger partial charge on any atom is 0.248 e. The van der Waals surface area contributed by atoms with E-state index in [0.717, 1.165) is 16.8 Å². The van der Waals surface area contributed by atoms with E-state index >= 15 is 0 Å². The van der Waals surface area contributed by atoms with Gasteiger partial charge in [0.15, 0.2) is 11.5 Å². The summed E-state index contributed by atoms with van der Waals surface area (Å²) in [6.07, 6.45) is 3.20. The summed E-state index contributed by atoms with van der Waals surface area (Å²) in [6, 6.07) is 10.7. The van der Waals surface area contributed by atoms with Gasteiger partial charge >= 0.3 is 0 Å². The molecular formula is C23H26N2O4S. The number of nitrogens with one attached hydrogen (secondary N) is 1. The molecule has 0 radical (unpaired) electrons. The zero-order valence-corrected chi connectivity index (χ0v) is 18.4. The molecule has 1 aliphatic heterocycles. The molecule has 1 aliphatic rings. The third-order valence-electron chi connectivity index (χ3n) is 5.07. The van der Waals surface area contributed by atoms with E-state index in [-0.39, 0.29) is 11.8 Å². The minimum Gasteiger partial charge on any atom is -0.493 e. The van der Waals surface area contributed by atoms with Gasteiger partial charge < -0.3 is 19.7 Å². The lowest BCUT2D eigenvalue weighted by molar-refractivity contribution is -0.132. The van der Waals surface area contributed by atoms with Crippen molar-refractivity contribution < 1.29 is 19.1 Å². The number of hydrogen-bond acceptors (Lipinski definition) is 5. The van der Waals surface area contributed by atoms with Gasteiger partial charge in [-0.1, -0.05) is 12.1 Å². The van der Waals surface area contributed by atoms with Gasteiger partial charge in [0.05, 0.1) is 20.1 Å². The first kappa shape index (κ1) is 21.8. The average Bonchev–Trinajstić information content (AvgIpc) is 3.24. The molecule has 0 aromatic heterocycles. The van der Waals surface area contributed by atoms with Crippen LogP contribution in [-0.4, -0.2) is 48.6 Å². The molecule has 0 bridgehead atoms. The number of carbonyl (C=O) groups excluding carboxylic acids is 2. The van der Waals surface area contributed by atoms with Crippen LogP contribution in [-0.2, 0) is 9.59 Å². The van der Waals surface area contributed by atoms with Crippen molar-refractivity contribution in [2.24, 2.45) is 0 Å². The Balaban J connectivity index is 1.68. The Morgan fingerprint density at radius 1 is 1.07 bits per heavy atom. The molecule has 158 valence electrons. The number of nitrogens with zero attached hydrogens (tertiary/aromatic N) is 1. The van der Waals surface area contributed by atoms with Crippen LogP contribution < -0.4 is 14.8 Å². The number of thioether (sulfide) groups is 1. The SMILES string of the molecule is COc1ccc(/C=C/C(=O)N2CSCC2C(=O)Nc2ccc(C)c(C)c2)cc1OC. The number of rotatable bonds is 6. The molecule has 1 N–H and O–H groups in total. The van der Waals surface area contributed by atoms with E-state index in [0.29, 0.717) is 23.1 Å². The monoisotopic (exact) mass is 426 g/mol. The Kier molecular flexibility index (Phi) is 7.05. The molecule has 0 saturated carbocycles. The summed E-state index contributed by atoms with van der Waals surface area (Å²) in [5, 5.41) is 2.94. The molecule has 7 heteroatoms. The van der Waals surface area contributed by atoms with Gasteiger partial charge in [0, 0.05) is 17.5 Å². The summed E-state index contributed by atoms with van der Waals surface area (Å²) < 4.78 is 10.5. The maximum atomic E-state index is 12.8. The molecule has 0 spiro atoms. The summed E-state index contributed by atoms with van der Waals surface area (Å²) >= 11 is 1.57. The van der Waals surface area contributed by atoms with Gasteiger partial charge in [0.2, 0.25) is 11.8 Å². The van der Waals surface area contributed by atoms with Crippen LogP contribution in [0.2, 0.25) is 0 Å². The van der Waals surface area contributed by atoms with Crippen LogP contribution in [0.1, 0.15) is 16.7 Å². The largest absolute Gasteiger partial charge is 0.493 e. The molecule has 2 aromatic carbocycles. The first-order valence-corrected chi connectivity index (χ1v) is 10.7. The number of methoxy groups -OCH3 is 2. The summed E-state index contributed by atoms with van der Waals surface area (Å²) in [7, 11) is 3.14. The first-order valence-electron chi connectivity index (χ1n) is 9.59. The molecule has 1 heterocycles. The average molecular weight is 427 g/mol. The van der Waals surface area contributed by atoms with Gasteiger partial charge in [-0.3, -0.25) is 9.59 Å². The van der Waals surface area contributed by atoms with Gasteiger partial charge in [-0.25, -0.2) is 0 Å². The third-order valence-corrected chi connectivity index (χ3v) is 6.08. The van der Waals surface area contributed by atoms with Crippen molar-refractivity contribution in [2.75, 3.05) is 31.2 Å². The Bertz CT molecular complexity index is 974. The molecule has 0 aliphatic carbocycles. The zero-order valence-electron chi connectivity index (χ0n) is 17.6. The minimum atomic E-state index is -0.501. The second-order valence-corrected chi connectivity index (χ2v) is 8.06. The van der Waals surface area contributed by atoms with Crippen LogP contribution in [0.5, 0.6) is 11.5 Å². The number of anilines is 1. The van der Waals surface area contributed by atoms with E-state index in [9.17, 15) is 9.59 Å². The van der Waals surface area contributed by atoms with Crippen molar-refractivity contribution in [3.8, 4) is 11.5 Å². The van der Waals surface area contributed by atoms with Crippen LogP contribution in [0.3, 0.4) is 0 Å². The van der Waals surface area contributed by atoms with Gasteiger partial charge in [0.25, 0.3) is 0 Å². The van der Waals surface area contributed by atoms with Crippen LogP contribution in [0.4, 0.5) is 5.69 Å². The van der Waals surface area contributed by atoms with Gasteiger partial charge in [0.1, 0.15) is 6.04 Å². The number of benzene rings is 2. The fourth-order valence-corrected chi connectivity index (χ4v) is 4.31. The highest BCUT2D eigenvalue weighted by Crippen LogP contribution is 2.28. The molecule has 1 fully saturated rings. The quantitative estimate of drug-likeness (QED) is 0.710. The van der Waals surface area contributed by atoms with E-state index in [1.807, 2.05) is 38.1 Å². The molecule has 3 rings (SSSR count). The molecule has 2 aromatic rings. The van der Waals surface area contributed by atoms with E-state index in [1.54, 1.807) is 49.1 Å². The molecular weight excluding hydrogens is 400 g/mol. The second kappa shape index (κ2) is 9.71. The third kappa shape index (κ3) is 4.97. The van der Waals surface area contributed by atoms with Crippen LogP contribution in [0.15, 0.2) is 42.5 Å². The van der Waals surface area contributed by atoms with Gasteiger partial charge in [-0.05, 0) is 60.9 Å². The summed E-state index contributed by atoms with van der Waals surface area (Å²) in [5.41, 5.74) is 3.83. The predicted molar refractivity (Wildman–Crippen MR) is 121 cm³/mol. The highest BCUT2D eigenvalue weighted by molar-refractivity contribution is 7.99. The first-order chi connectivity index (χ1) is 14.4. The molecule has 1 atom stereocenters. The van der Waals surface area contributed by atoms with Crippen molar-refractivity contribution in [3.05, 3.63) is 59.2 Å². The number of carbonyl (C=O) groups is 2. The van der Waals surface area contributed by atoms with Crippen LogP contribution >= 0.6 is 11.8 Å². The number of amides is 2. The Hall–Kier alpha value is -2.93. The van der Waals surface area contributed by atoms with Gasteiger partial charge in [-0.15, -0.1) is 11.8 Å². The fourth-order valence-electron chi connectivity index (χ4n) is 3.14. The normalized spacial score (nSPS) is 16.0. The molecule has 6 nitrogen and oxygen atoms in total. The van der Waals surface area contributed by atoms with Crippen molar-refractivity contribution >= 4 is 35.3 Å². The lowest BCUT2D eigenvalue weighted by atomic mass is 10.1. The van der Waals surface area contributed by atoms with E-state index in [2.05, 4.69) is 5.32 Å². The summed E-state index contributed by atoms with van der Waals surface area (Å²) in [4.78, 5) is 27.1. The van der Waals surface area contributed by atoms with Gasteiger partial charge in [-0.2, -0.15) is 0 Å². The minimum absolute atomic E-state index is 0.170. The topological polar surface area (TPSA) is 67.9 Å². The Morgan fingerprint density at radius 3 is 2.53 bits per heavy atom. The highest BCUT2D eigenvalue weighted by atomic mass is 32.2. The molecule has 1 saturated heterocycles. The van der Waals surface area contributed by atoms with Crippen molar-refractivity contribution in [1.82, 2.24) is 4.90 Å². The lowest BCUT2D eigenvalue weighted by Crippen LogP contribution is -2.43. The van der Waals surface area contributed by atoms with Crippen molar-refractivity contribution in [3.63, 3.8) is 0 Å². The maximum absolute atomic E-state index is 12.8. The number of ether oxygens (including phenoxy) is 2. The van der Waals surface area contributed by atoms with E-state index in [1.165, 1.54) is 11.6 Å². The number of aryl methyl sites for hydroxylation is 2. The van der Waals surface area contributed by atoms with Crippen LogP contribution in [0, 0.1) is 13.8 Å². The summed E-state index contributed by atoms with van der Waals surface area (Å²) in [5.74, 6) is 1.91. The van der Waals surface area contributed by atoms with E-state index in [4.69, 9.17) is 9.47 Å². The molecule has 2 amide bonds.